The monoisotopic (exact) mass is 253 g/mol. The maximum atomic E-state index is 10.9. The summed E-state index contributed by atoms with van der Waals surface area (Å²) in [6, 6.07) is 3.91. The second-order valence-corrected chi connectivity index (χ2v) is 5.01. The second-order valence-electron chi connectivity index (χ2n) is 3.32. The molecule has 5 heteroatoms. The zero-order valence-electron chi connectivity index (χ0n) is 8.47. The number of carboxylic acids is 1. The van der Waals surface area contributed by atoms with Crippen LogP contribution in [0.1, 0.15) is 20.8 Å². The zero-order chi connectivity index (χ0) is 11.4. The Labute approximate surface area is 101 Å². The smallest absolute Gasteiger partial charge is 0.346 e. The van der Waals surface area contributed by atoms with E-state index in [2.05, 4.69) is 16.8 Å². The molecule has 0 aliphatic rings. The summed E-state index contributed by atoms with van der Waals surface area (Å²) < 4.78 is 0. The number of carbonyl (C=O) groups is 1. The normalized spacial score (nSPS) is 10.5. The number of carboxylic acid groups (broad SMARTS) is 1. The SMILES string of the molecule is O=C(O)c1sccc1CNCc1ccsc1. The van der Waals surface area contributed by atoms with Crippen LogP contribution >= 0.6 is 22.7 Å². The van der Waals surface area contributed by atoms with Gasteiger partial charge in [-0.15, -0.1) is 11.3 Å². The maximum Gasteiger partial charge on any atom is 0.346 e. The summed E-state index contributed by atoms with van der Waals surface area (Å²) in [6.07, 6.45) is 0. The topological polar surface area (TPSA) is 49.3 Å². The van der Waals surface area contributed by atoms with E-state index in [4.69, 9.17) is 5.11 Å². The molecule has 0 amide bonds. The van der Waals surface area contributed by atoms with Gasteiger partial charge in [0.2, 0.25) is 0 Å². The van der Waals surface area contributed by atoms with Crippen molar-refractivity contribution in [2.45, 2.75) is 13.1 Å². The van der Waals surface area contributed by atoms with E-state index in [0.717, 1.165) is 12.1 Å². The highest BCUT2D eigenvalue weighted by Crippen LogP contribution is 2.16. The van der Waals surface area contributed by atoms with E-state index < -0.39 is 5.97 Å². The number of thiophene rings is 2. The lowest BCUT2D eigenvalue weighted by atomic mass is 10.2. The van der Waals surface area contributed by atoms with E-state index >= 15 is 0 Å². The average molecular weight is 253 g/mol. The zero-order valence-corrected chi connectivity index (χ0v) is 10.1. The molecule has 0 fully saturated rings. The minimum Gasteiger partial charge on any atom is -0.477 e. The Bertz CT molecular complexity index is 462. The van der Waals surface area contributed by atoms with Crippen LogP contribution in [0.25, 0.3) is 0 Å². The van der Waals surface area contributed by atoms with E-state index in [1.165, 1.54) is 16.9 Å². The molecule has 0 atom stereocenters. The minimum atomic E-state index is -0.845. The summed E-state index contributed by atoms with van der Waals surface area (Å²) in [5, 5.41) is 18.1. The molecule has 16 heavy (non-hydrogen) atoms. The van der Waals surface area contributed by atoms with Crippen LogP contribution in [-0.2, 0) is 13.1 Å². The first kappa shape index (κ1) is 11.3. The van der Waals surface area contributed by atoms with Crippen molar-refractivity contribution >= 4 is 28.6 Å². The molecular weight excluding hydrogens is 242 g/mol. The highest BCUT2D eigenvalue weighted by atomic mass is 32.1. The number of rotatable bonds is 5. The molecule has 0 aromatic carbocycles. The molecule has 0 saturated carbocycles. The summed E-state index contributed by atoms with van der Waals surface area (Å²) in [5.74, 6) is -0.845. The Balaban J connectivity index is 1.90. The Hall–Kier alpha value is -1.17. The fourth-order valence-electron chi connectivity index (χ4n) is 1.40. The van der Waals surface area contributed by atoms with E-state index in [1.54, 1.807) is 11.3 Å². The minimum absolute atomic E-state index is 0.429. The quantitative estimate of drug-likeness (QED) is 0.861. The predicted molar refractivity (Wildman–Crippen MR) is 66.1 cm³/mol. The van der Waals surface area contributed by atoms with Gasteiger partial charge in [-0.1, -0.05) is 0 Å². The molecule has 0 saturated heterocycles. The van der Waals surface area contributed by atoms with Gasteiger partial charge >= 0.3 is 5.97 Å². The highest BCUT2D eigenvalue weighted by molar-refractivity contribution is 7.12. The second kappa shape index (κ2) is 5.25. The Morgan fingerprint density at radius 3 is 2.88 bits per heavy atom. The lowest BCUT2D eigenvalue weighted by Crippen LogP contribution is -2.13. The predicted octanol–water partition coefficient (Wildman–Crippen LogP) is 2.80. The van der Waals surface area contributed by atoms with Crippen molar-refractivity contribution in [1.29, 1.82) is 0 Å². The van der Waals surface area contributed by atoms with Crippen molar-refractivity contribution in [3.8, 4) is 0 Å². The molecule has 0 unspecified atom stereocenters. The van der Waals surface area contributed by atoms with Crippen molar-refractivity contribution in [3.63, 3.8) is 0 Å². The van der Waals surface area contributed by atoms with Gasteiger partial charge in [0.25, 0.3) is 0 Å². The third kappa shape index (κ3) is 2.69. The van der Waals surface area contributed by atoms with Crippen molar-refractivity contribution < 1.29 is 9.90 Å². The van der Waals surface area contributed by atoms with Gasteiger partial charge in [-0.25, -0.2) is 4.79 Å². The third-order valence-corrected chi connectivity index (χ3v) is 3.84. The van der Waals surface area contributed by atoms with E-state index in [0.29, 0.717) is 11.4 Å². The van der Waals surface area contributed by atoms with Gasteiger partial charge in [0.15, 0.2) is 0 Å². The van der Waals surface area contributed by atoms with Gasteiger partial charge < -0.3 is 10.4 Å². The third-order valence-electron chi connectivity index (χ3n) is 2.17. The molecule has 2 aromatic rings. The molecule has 2 aromatic heterocycles. The van der Waals surface area contributed by atoms with Gasteiger partial charge in [0.05, 0.1) is 0 Å². The number of hydrogen-bond acceptors (Lipinski definition) is 4. The Kier molecular flexibility index (Phi) is 3.71. The molecular formula is C11H11NO2S2. The van der Waals surface area contributed by atoms with Gasteiger partial charge in [0, 0.05) is 13.1 Å². The first-order chi connectivity index (χ1) is 7.77. The molecule has 2 rings (SSSR count). The first-order valence-electron chi connectivity index (χ1n) is 4.79. The maximum absolute atomic E-state index is 10.9. The Morgan fingerprint density at radius 2 is 2.19 bits per heavy atom. The number of aromatic carboxylic acids is 1. The van der Waals surface area contributed by atoms with Crippen molar-refractivity contribution in [1.82, 2.24) is 5.32 Å². The van der Waals surface area contributed by atoms with Crippen molar-refractivity contribution in [3.05, 3.63) is 44.3 Å². The van der Waals surface area contributed by atoms with Crippen LogP contribution in [0, 0.1) is 0 Å². The van der Waals surface area contributed by atoms with Crippen LogP contribution in [0.4, 0.5) is 0 Å². The number of nitrogens with one attached hydrogen (secondary N) is 1. The van der Waals surface area contributed by atoms with Crippen LogP contribution in [0.15, 0.2) is 28.3 Å². The fraction of sp³-hybridized carbons (Fsp3) is 0.182. The van der Waals surface area contributed by atoms with Crippen molar-refractivity contribution in [2.24, 2.45) is 0 Å². The van der Waals surface area contributed by atoms with E-state index in [1.807, 2.05) is 16.8 Å². The number of hydrogen-bond donors (Lipinski definition) is 2. The van der Waals surface area contributed by atoms with E-state index in [-0.39, 0.29) is 0 Å². The highest BCUT2D eigenvalue weighted by Gasteiger charge is 2.10. The first-order valence-corrected chi connectivity index (χ1v) is 6.61. The van der Waals surface area contributed by atoms with Crippen LogP contribution in [0.3, 0.4) is 0 Å². The van der Waals surface area contributed by atoms with Gasteiger partial charge in [-0.05, 0) is 39.4 Å². The lowest BCUT2D eigenvalue weighted by molar-refractivity contribution is 0.0701. The van der Waals surface area contributed by atoms with Crippen LogP contribution in [0.5, 0.6) is 0 Å². The molecule has 2 N–H and O–H groups in total. The molecule has 0 bridgehead atoms. The molecule has 0 radical (unpaired) electrons. The molecule has 3 nitrogen and oxygen atoms in total. The summed E-state index contributed by atoms with van der Waals surface area (Å²) in [7, 11) is 0. The van der Waals surface area contributed by atoms with E-state index in [9.17, 15) is 4.79 Å². The largest absolute Gasteiger partial charge is 0.477 e. The van der Waals surface area contributed by atoms with Gasteiger partial charge in [0.1, 0.15) is 4.88 Å². The van der Waals surface area contributed by atoms with Crippen LogP contribution in [-0.4, -0.2) is 11.1 Å². The molecule has 84 valence electrons. The van der Waals surface area contributed by atoms with Gasteiger partial charge in [-0.2, -0.15) is 11.3 Å². The fourth-order valence-corrected chi connectivity index (χ4v) is 2.83. The van der Waals surface area contributed by atoms with Crippen LogP contribution in [0.2, 0.25) is 0 Å². The van der Waals surface area contributed by atoms with Crippen molar-refractivity contribution in [2.75, 3.05) is 0 Å². The molecule has 2 heterocycles. The standard InChI is InChI=1S/C11H11NO2S2/c13-11(14)10-9(2-4-16-10)6-12-5-8-1-3-15-7-8/h1-4,7,12H,5-6H2,(H,13,14). The Morgan fingerprint density at radius 1 is 1.31 bits per heavy atom. The average Bonchev–Trinajstić information content (AvgIpc) is 2.87. The molecule has 0 aliphatic carbocycles. The molecule has 0 aliphatic heterocycles. The summed E-state index contributed by atoms with van der Waals surface area (Å²) in [5.41, 5.74) is 2.09. The summed E-state index contributed by atoms with van der Waals surface area (Å²) in [6.45, 7) is 1.37. The summed E-state index contributed by atoms with van der Waals surface area (Å²) >= 11 is 2.93. The van der Waals surface area contributed by atoms with Gasteiger partial charge in [-0.3, -0.25) is 0 Å². The molecule has 0 spiro atoms. The summed E-state index contributed by atoms with van der Waals surface area (Å²) in [4.78, 5) is 11.3. The van der Waals surface area contributed by atoms with Crippen LogP contribution < -0.4 is 5.32 Å². The lowest BCUT2D eigenvalue weighted by Gasteiger charge is -2.02.